The van der Waals surface area contributed by atoms with E-state index in [1.165, 1.54) is 16.0 Å². The smallest absolute Gasteiger partial charge is 0.139 e. The molecule has 0 N–H and O–H groups in total. The van der Waals surface area contributed by atoms with Gasteiger partial charge in [0.2, 0.25) is 0 Å². The summed E-state index contributed by atoms with van der Waals surface area (Å²) >= 11 is 1.68. The maximum atomic E-state index is 5.44. The number of anilines is 1. The zero-order chi connectivity index (χ0) is 16.6. The molecule has 3 aromatic heterocycles. The zero-order valence-corrected chi connectivity index (χ0v) is 14.6. The number of imidazole rings is 1. The van der Waals surface area contributed by atoms with E-state index in [1.807, 2.05) is 5.51 Å². The van der Waals surface area contributed by atoms with Crippen LogP contribution >= 0.6 is 11.3 Å². The molecule has 0 amide bonds. The summed E-state index contributed by atoms with van der Waals surface area (Å²) in [5, 5.41) is 0. The van der Waals surface area contributed by atoms with Gasteiger partial charge in [-0.25, -0.2) is 9.97 Å². The molecule has 0 unspecified atom stereocenters. The van der Waals surface area contributed by atoms with Crippen LogP contribution in [0.1, 0.15) is 11.3 Å². The maximum absolute atomic E-state index is 5.44. The molecule has 126 valence electrons. The van der Waals surface area contributed by atoms with Crippen molar-refractivity contribution in [3.63, 3.8) is 0 Å². The molecular formula is C19H18N4OS. The predicted molar refractivity (Wildman–Crippen MR) is 101 cm³/mol. The Morgan fingerprint density at radius 2 is 2.04 bits per heavy atom. The number of benzene rings is 1. The summed E-state index contributed by atoms with van der Waals surface area (Å²) in [7, 11) is 0. The van der Waals surface area contributed by atoms with E-state index in [-0.39, 0.29) is 0 Å². The second-order valence-electron chi connectivity index (χ2n) is 6.31. The quantitative estimate of drug-likeness (QED) is 0.568. The van der Waals surface area contributed by atoms with Crippen LogP contribution in [0.15, 0.2) is 48.2 Å². The summed E-state index contributed by atoms with van der Waals surface area (Å²) in [4.78, 5) is 11.5. The van der Waals surface area contributed by atoms with E-state index < -0.39 is 0 Å². The minimum atomic E-state index is 0.797. The lowest BCUT2D eigenvalue weighted by atomic mass is 10.1. The molecule has 4 heterocycles. The number of hydrogen-bond donors (Lipinski definition) is 0. The molecule has 1 saturated heterocycles. The van der Waals surface area contributed by atoms with Crippen LogP contribution in [-0.4, -0.2) is 40.7 Å². The Morgan fingerprint density at radius 3 is 2.96 bits per heavy atom. The Bertz CT molecular complexity index is 1030. The van der Waals surface area contributed by atoms with Crippen LogP contribution in [-0.2, 0) is 11.2 Å². The molecule has 0 bridgehead atoms. The van der Waals surface area contributed by atoms with Gasteiger partial charge < -0.3 is 14.0 Å². The second-order valence-corrected chi connectivity index (χ2v) is 7.20. The SMILES string of the molecule is c1nc2ccc(Cc3cn4ccc(N5CCOCC5)cc4n3)cc2s1. The van der Waals surface area contributed by atoms with Crippen LogP contribution < -0.4 is 4.90 Å². The molecule has 1 fully saturated rings. The highest BCUT2D eigenvalue weighted by Crippen LogP contribution is 2.22. The van der Waals surface area contributed by atoms with Crippen LogP contribution in [0.5, 0.6) is 0 Å². The molecule has 0 atom stereocenters. The second kappa shape index (κ2) is 6.13. The highest BCUT2D eigenvalue weighted by atomic mass is 32.1. The van der Waals surface area contributed by atoms with Crippen molar-refractivity contribution in [2.24, 2.45) is 0 Å². The average Bonchev–Trinajstić information content (AvgIpc) is 3.27. The number of aromatic nitrogens is 3. The highest BCUT2D eigenvalue weighted by molar-refractivity contribution is 7.16. The van der Waals surface area contributed by atoms with Crippen molar-refractivity contribution in [3.8, 4) is 0 Å². The molecule has 1 aliphatic heterocycles. The normalized spacial score (nSPS) is 15.3. The van der Waals surface area contributed by atoms with Crippen LogP contribution in [0.2, 0.25) is 0 Å². The molecule has 5 nitrogen and oxygen atoms in total. The molecule has 1 aliphatic rings. The van der Waals surface area contributed by atoms with Gasteiger partial charge in [-0.3, -0.25) is 0 Å². The molecule has 0 aliphatic carbocycles. The van der Waals surface area contributed by atoms with Crippen LogP contribution in [0.25, 0.3) is 15.9 Å². The maximum Gasteiger partial charge on any atom is 0.139 e. The number of rotatable bonds is 3. The Hall–Kier alpha value is -2.44. The van der Waals surface area contributed by atoms with Crippen molar-refractivity contribution in [3.05, 3.63) is 59.5 Å². The summed E-state index contributed by atoms with van der Waals surface area (Å²) in [5.74, 6) is 0. The number of thiazole rings is 1. The first kappa shape index (κ1) is 14.9. The molecule has 1 aromatic carbocycles. The van der Waals surface area contributed by atoms with E-state index in [0.29, 0.717) is 0 Å². The minimum absolute atomic E-state index is 0.797. The van der Waals surface area contributed by atoms with Crippen molar-refractivity contribution in [2.75, 3.05) is 31.2 Å². The molecule has 4 aromatic rings. The third-order valence-electron chi connectivity index (χ3n) is 4.65. The number of nitrogens with zero attached hydrogens (tertiary/aromatic N) is 4. The van der Waals surface area contributed by atoms with Gasteiger partial charge in [0.1, 0.15) is 5.65 Å². The average molecular weight is 350 g/mol. The molecule has 25 heavy (non-hydrogen) atoms. The van der Waals surface area contributed by atoms with Gasteiger partial charge in [-0.15, -0.1) is 11.3 Å². The number of morpholine rings is 1. The van der Waals surface area contributed by atoms with Gasteiger partial charge in [0.25, 0.3) is 0 Å². The standard InChI is InChI=1S/C19H18N4OS/c1-2-17-18(25-13-20-17)10-14(1)9-15-12-23-4-3-16(11-19(23)21-15)22-5-7-24-8-6-22/h1-4,10-13H,5-9H2. The number of ether oxygens (including phenoxy) is 1. The number of hydrogen-bond acceptors (Lipinski definition) is 5. The topological polar surface area (TPSA) is 42.7 Å². The van der Waals surface area contributed by atoms with E-state index in [4.69, 9.17) is 9.72 Å². The van der Waals surface area contributed by atoms with Gasteiger partial charge in [-0.05, 0) is 23.8 Å². The molecule has 6 heteroatoms. The Labute approximate surface area is 149 Å². The molecule has 0 radical (unpaired) electrons. The molecular weight excluding hydrogens is 332 g/mol. The van der Waals surface area contributed by atoms with E-state index >= 15 is 0 Å². The lowest BCUT2D eigenvalue weighted by Crippen LogP contribution is -2.36. The van der Waals surface area contributed by atoms with Gasteiger partial charge in [0.15, 0.2) is 0 Å². The van der Waals surface area contributed by atoms with Crippen molar-refractivity contribution in [2.45, 2.75) is 6.42 Å². The minimum Gasteiger partial charge on any atom is -0.378 e. The zero-order valence-electron chi connectivity index (χ0n) is 13.8. The van der Waals surface area contributed by atoms with Crippen molar-refractivity contribution in [1.82, 2.24) is 14.4 Å². The van der Waals surface area contributed by atoms with Gasteiger partial charge in [0.05, 0.1) is 34.6 Å². The Kier molecular flexibility index (Phi) is 3.64. The fourth-order valence-electron chi connectivity index (χ4n) is 3.35. The lowest BCUT2D eigenvalue weighted by molar-refractivity contribution is 0.122. The molecule has 0 spiro atoms. The first-order valence-electron chi connectivity index (χ1n) is 8.48. The van der Waals surface area contributed by atoms with Crippen LogP contribution in [0, 0.1) is 0 Å². The van der Waals surface area contributed by atoms with E-state index in [9.17, 15) is 0 Å². The van der Waals surface area contributed by atoms with Gasteiger partial charge in [-0.2, -0.15) is 0 Å². The van der Waals surface area contributed by atoms with E-state index in [2.05, 4.69) is 57.0 Å². The van der Waals surface area contributed by atoms with Crippen LogP contribution in [0.4, 0.5) is 5.69 Å². The highest BCUT2D eigenvalue weighted by Gasteiger charge is 2.12. The first-order valence-corrected chi connectivity index (χ1v) is 9.36. The molecule has 0 saturated carbocycles. The lowest BCUT2D eigenvalue weighted by Gasteiger charge is -2.28. The fraction of sp³-hybridized carbons (Fsp3) is 0.263. The summed E-state index contributed by atoms with van der Waals surface area (Å²) in [6.07, 6.45) is 5.06. The summed E-state index contributed by atoms with van der Waals surface area (Å²) < 4.78 is 8.77. The van der Waals surface area contributed by atoms with Crippen LogP contribution in [0.3, 0.4) is 0 Å². The summed E-state index contributed by atoms with van der Waals surface area (Å²) in [5.41, 5.74) is 7.54. The predicted octanol–water partition coefficient (Wildman–Crippen LogP) is 3.37. The van der Waals surface area contributed by atoms with Gasteiger partial charge >= 0.3 is 0 Å². The van der Waals surface area contributed by atoms with E-state index in [0.717, 1.165) is 49.6 Å². The third kappa shape index (κ3) is 2.88. The van der Waals surface area contributed by atoms with Crippen molar-refractivity contribution in [1.29, 1.82) is 0 Å². The summed E-state index contributed by atoms with van der Waals surface area (Å²) in [6, 6.07) is 10.8. The molecule has 5 rings (SSSR count). The van der Waals surface area contributed by atoms with Gasteiger partial charge in [0, 0.05) is 43.7 Å². The Morgan fingerprint density at radius 1 is 1.12 bits per heavy atom. The van der Waals surface area contributed by atoms with Gasteiger partial charge in [-0.1, -0.05) is 6.07 Å². The monoisotopic (exact) mass is 350 g/mol. The largest absolute Gasteiger partial charge is 0.378 e. The fourth-order valence-corrected chi connectivity index (χ4v) is 4.09. The first-order chi connectivity index (χ1) is 12.3. The van der Waals surface area contributed by atoms with E-state index in [1.54, 1.807) is 11.3 Å². The Balaban J connectivity index is 1.43. The number of pyridine rings is 1. The van der Waals surface area contributed by atoms with Crippen molar-refractivity contribution >= 4 is 32.9 Å². The summed E-state index contributed by atoms with van der Waals surface area (Å²) in [6.45, 7) is 3.48. The third-order valence-corrected chi connectivity index (χ3v) is 5.44. The van der Waals surface area contributed by atoms with Crippen molar-refractivity contribution < 1.29 is 4.74 Å². The number of fused-ring (bicyclic) bond motifs is 2.